The molecule has 5 rings (SSSR count). The highest BCUT2D eigenvalue weighted by Gasteiger charge is 2.28. The van der Waals surface area contributed by atoms with Gasteiger partial charge in [0.15, 0.2) is 0 Å². The van der Waals surface area contributed by atoms with Crippen LogP contribution in [-0.4, -0.2) is 51.0 Å². The minimum Gasteiger partial charge on any atom is -0.494 e. The number of aryl methyl sites for hydroxylation is 2. The van der Waals surface area contributed by atoms with Crippen molar-refractivity contribution < 1.29 is 14.3 Å². The van der Waals surface area contributed by atoms with Crippen LogP contribution >= 0.6 is 0 Å². The van der Waals surface area contributed by atoms with Crippen molar-refractivity contribution in [3.63, 3.8) is 0 Å². The van der Waals surface area contributed by atoms with Gasteiger partial charge in [-0.05, 0) is 61.4 Å². The number of pyridine rings is 1. The van der Waals surface area contributed by atoms with E-state index in [-0.39, 0.29) is 23.7 Å². The summed E-state index contributed by atoms with van der Waals surface area (Å²) in [5.41, 5.74) is 9.48. The molecule has 0 saturated heterocycles. The van der Waals surface area contributed by atoms with E-state index in [4.69, 9.17) is 14.9 Å². The maximum Gasteiger partial charge on any atom is 0.243 e. The summed E-state index contributed by atoms with van der Waals surface area (Å²) in [6.07, 6.45) is 2.39. The van der Waals surface area contributed by atoms with Gasteiger partial charge in [0.05, 0.1) is 29.2 Å². The molecule has 9 nitrogen and oxygen atoms in total. The number of hydrogen-bond donors (Lipinski definition) is 1. The molecule has 0 aliphatic carbocycles. The molecule has 3 aromatic rings. The van der Waals surface area contributed by atoms with E-state index in [1.165, 1.54) is 0 Å². The summed E-state index contributed by atoms with van der Waals surface area (Å²) in [6, 6.07) is 14.0. The van der Waals surface area contributed by atoms with Gasteiger partial charge in [0.25, 0.3) is 0 Å². The number of nitrogens with one attached hydrogen (secondary N) is 1. The zero-order valence-corrected chi connectivity index (χ0v) is 22.4. The van der Waals surface area contributed by atoms with Crippen molar-refractivity contribution in [1.29, 1.82) is 0 Å². The van der Waals surface area contributed by atoms with Crippen LogP contribution in [0, 0.1) is 18.8 Å². The van der Waals surface area contributed by atoms with Gasteiger partial charge in [-0.1, -0.05) is 20.8 Å². The van der Waals surface area contributed by atoms with Crippen LogP contribution in [0.25, 0.3) is 5.52 Å². The van der Waals surface area contributed by atoms with Crippen LogP contribution in [0.4, 0.5) is 0 Å². The van der Waals surface area contributed by atoms with Crippen molar-refractivity contribution in [3.05, 3.63) is 65.0 Å². The highest BCUT2D eigenvalue weighted by molar-refractivity contribution is 6.10. The molecule has 0 fully saturated rings. The molecule has 2 aliphatic rings. The summed E-state index contributed by atoms with van der Waals surface area (Å²) < 4.78 is 7.90. The molecular formula is C29H34N6O3. The number of carbonyl (C=O) groups is 2. The van der Waals surface area contributed by atoms with Crippen LogP contribution in [0.15, 0.2) is 52.7 Å². The Hall–Kier alpha value is -4.01. The third-order valence-corrected chi connectivity index (χ3v) is 7.16. The maximum atomic E-state index is 12.8. The second-order valence-corrected chi connectivity index (χ2v) is 10.1. The molecule has 2 unspecified atom stereocenters. The first kappa shape index (κ1) is 25.6. The third kappa shape index (κ3) is 5.18. The number of hydrazone groups is 2. The van der Waals surface area contributed by atoms with Crippen molar-refractivity contribution in [2.45, 2.75) is 53.4 Å². The summed E-state index contributed by atoms with van der Waals surface area (Å²) in [4.78, 5) is 24.3. The molecule has 2 aromatic heterocycles. The van der Waals surface area contributed by atoms with Gasteiger partial charge in [0, 0.05) is 48.9 Å². The smallest absolute Gasteiger partial charge is 0.243 e. The Morgan fingerprint density at radius 3 is 2.53 bits per heavy atom. The normalized spacial score (nSPS) is 19.8. The summed E-state index contributed by atoms with van der Waals surface area (Å²) in [5.74, 6) is 0.832. The number of amides is 2. The van der Waals surface area contributed by atoms with Crippen molar-refractivity contribution in [2.24, 2.45) is 22.0 Å². The van der Waals surface area contributed by atoms with E-state index < -0.39 is 0 Å². The monoisotopic (exact) mass is 514 g/mol. The molecule has 2 amide bonds. The van der Waals surface area contributed by atoms with Gasteiger partial charge in [-0.2, -0.15) is 15.3 Å². The first-order valence-electron chi connectivity index (χ1n) is 13.3. The van der Waals surface area contributed by atoms with Crippen molar-refractivity contribution >= 4 is 28.8 Å². The molecule has 0 saturated carbocycles. The van der Waals surface area contributed by atoms with Crippen LogP contribution in [-0.2, 0) is 16.0 Å². The number of nitrogens with zero attached hydrogens (tertiary/aromatic N) is 5. The minimum atomic E-state index is -0.0565. The number of ether oxygens (including phenoxy) is 1. The fourth-order valence-corrected chi connectivity index (χ4v) is 5.01. The van der Waals surface area contributed by atoms with Crippen molar-refractivity contribution in [3.8, 4) is 5.75 Å². The van der Waals surface area contributed by atoms with E-state index in [0.717, 1.165) is 51.6 Å². The van der Waals surface area contributed by atoms with E-state index in [1.54, 1.807) is 5.01 Å². The number of benzene rings is 1. The Labute approximate surface area is 222 Å². The standard InChI is InChI=1S/C29H34N6O3/c1-5-22-17-25-24(12-7-20(4)35(25)32-22)29-19(3)16-27(37)34(33-29)13-6-14-38-23-10-8-21(9-11-23)28-18(2)15-26(36)30-31-28/h7-12,17-19H,5-6,13-16H2,1-4H3,(H,30,36). The highest BCUT2D eigenvalue weighted by atomic mass is 16.5. The Balaban J connectivity index is 1.23. The molecule has 2 atom stereocenters. The summed E-state index contributed by atoms with van der Waals surface area (Å²) in [7, 11) is 0. The zero-order valence-electron chi connectivity index (χ0n) is 22.4. The van der Waals surface area contributed by atoms with Gasteiger partial charge < -0.3 is 4.74 Å². The fourth-order valence-electron chi connectivity index (χ4n) is 5.01. The predicted molar refractivity (Wildman–Crippen MR) is 146 cm³/mol. The molecule has 198 valence electrons. The zero-order chi connectivity index (χ0) is 26.8. The molecular weight excluding hydrogens is 480 g/mol. The second kappa shape index (κ2) is 10.8. The van der Waals surface area contributed by atoms with Gasteiger partial charge >= 0.3 is 0 Å². The van der Waals surface area contributed by atoms with E-state index in [0.29, 0.717) is 32.4 Å². The first-order valence-corrected chi connectivity index (χ1v) is 13.3. The maximum absolute atomic E-state index is 12.8. The average molecular weight is 515 g/mol. The van der Waals surface area contributed by atoms with Crippen LogP contribution in [0.5, 0.6) is 5.75 Å². The lowest BCUT2D eigenvalue weighted by Crippen LogP contribution is -2.37. The van der Waals surface area contributed by atoms with Gasteiger partial charge in [0.2, 0.25) is 11.8 Å². The first-order chi connectivity index (χ1) is 18.3. The number of carbonyl (C=O) groups excluding carboxylic acids is 2. The molecule has 1 aromatic carbocycles. The molecule has 0 bridgehead atoms. The average Bonchev–Trinajstić information content (AvgIpc) is 3.34. The molecule has 38 heavy (non-hydrogen) atoms. The topological polar surface area (TPSA) is 101 Å². The summed E-state index contributed by atoms with van der Waals surface area (Å²) in [5, 5.41) is 15.3. The van der Waals surface area contributed by atoms with Crippen molar-refractivity contribution in [1.82, 2.24) is 20.0 Å². The summed E-state index contributed by atoms with van der Waals surface area (Å²) >= 11 is 0. The van der Waals surface area contributed by atoms with Crippen LogP contribution < -0.4 is 10.2 Å². The third-order valence-electron chi connectivity index (χ3n) is 7.16. The Morgan fingerprint density at radius 1 is 1.03 bits per heavy atom. The van der Waals surface area contributed by atoms with E-state index in [9.17, 15) is 9.59 Å². The molecule has 2 aliphatic heterocycles. The lowest BCUT2D eigenvalue weighted by atomic mass is 9.93. The Morgan fingerprint density at radius 2 is 1.79 bits per heavy atom. The molecule has 0 radical (unpaired) electrons. The number of hydrogen-bond acceptors (Lipinski definition) is 6. The van der Waals surface area contributed by atoms with E-state index in [2.05, 4.69) is 42.6 Å². The van der Waals surface area contributed by atoms with Gasteiger partial charge in [-0.3, -0.25) is 9.59 Å². The minimum absolute atomic E-state index is 0.0322. The number of rotatable bonds is 8. The molecule has 4 heterocycles. The molecule has 1 N–H and O–H groups in total. The lowest BCUT2D eigenvalue weighted by molar-refractivity contribution is -0.132. The van der Waals surface area contributed by atoms with Gasteiger partial charge in [0.1, 0.15) is 5.75 Å². The summed E-state index contributed by atoms with van der Waals surface area (Å²) in [6.45, 7) is 9.15. The SMILES string of the molecule is CCc1cc2c(C3=NN(CCCOc4ccc(C5=NNC(=O)CC5C)cc4)C(=O)CC3C)ccc(C)n2n1. The lowest BCUT2D eigenvalue weighted by Gasteiger charge is -2.28. The van der Waals surface area contributed by atoms with Gasteiger partial charge in [-0.15, -0.1) is 0 Å². The second-order valence-electron chi connectivity index (χ2n) is 10.1. The number of aromatic nitrogens is 2. The molecule has 0 spiro atoms. The van der Waals surface area contributed by atoms with E-state index >= 15 is 0 Å². The van der Waals surface area contributed by atoms with Crippen LogP contribution in [0.2, 0.25) is 0 Å². The predicted octanol–water partition coefficient (Wildman–Crippen LogP) is 4.11. The van der Waals surface area contributed by atoms with Gasteiger partial charge in [-0.25, -0.2) is 15.0 Å². The van der Waals surface area contributed by atoms with Crippen LogP contribution in [0.1, 0.15) is 62.5 Å². The van der Waals surface area contributed by atoms with Crippen molar-refractivity contribution in [2.75, 3.05) is 13.2 Å². The molecule has 9 heteroatoms. The largest absolute Gasteiger partial charge is 0.494 e. The Kier molecular flexibility index (Phi) is 7.26. The number of fused-ring (bicyclic) bond motifs is 1. The van der Waals surface area contributed by atoms with E-state index in [1.807, 2.05) is 42.6 Å². The Bertz CT molecular complexity index is 1420. The fraction of sp³-hybridized carbons (Fsp3) is 0.414. The van der Waals surface area contributed by atoms with Crippen LogP contribution in [0.3, 0.4) is 0 Å². The quantitative estimate of drug-likeness (QED) is 0.457. The highest BCUT2D eigenvalue weighted by Crippen LogP contribution is 2.26.